The number of anilines is 1. The van der Waals surface area contributed by atoms with E-state index < -0.39 is 24.1 Å². The Kier molecular flexibility index (Phi) is 6.17. The summed E-state index contributed by atoms with van der Waals surface area (Å²) < 4.78 is 60.9. The van der Waals surface area contributed by atoms with Gasteiger partial charge in [-0.2, -0.15) is 18.3 Å². The molecule has 1 aromatic carbocycles. The molecule has 0 saturated carbocycles. The average molecular weight is 523 g/mol. The third kappa shape index (κ3) is 4.65. The second kappa shape index (κ2) is 9.17. The minimum atomic E-state index is -4.65. The van der Waals surface area contributed by atoms with Gasteiger partial charge >= 0.3 is 6.18 Å². The molecule has 5 rings (SSSR count). The van der Waals surface area contributed by atoms with Crippen LogP contribution in [0.25, 0.3) is 22.2 Å². The van der Waals surface area contributed by atoms with Gasteiger partial charge in [0, 0.05) is 41.5 Å². The Hall–Kier alpha value is -3.51. The predicted octanol–water partition coefficient (Wildman–Crippen LogP) is 4.42. The van der Waals surface area contributed by atoms with Gasteiger partial charge < -0.3 is 9.64 Å². The zero-order valence-corrected chi connectivity index (χ0v) is 19.6. The molecule has 0 amide bonds. The van der Waals surface area contributed by atoms with Gasteiger partial charge in [-0.05, 0) is 25.1 Å². The van der Waals surface area contributed by atoms with E-state index in [4.69, 9.17) is 16.3 Å². The number of aryl methyl sites for hydroxylation is 1. The number of alkyl halides is 3. The predicted molar refractivity (Wildman–Crippen MR) is 124 cm³/mol. The van der Waals surface area contributed by atoms with Crippen molar-refractivity contribution in [2.75, 3.05) is 24.6 Å². The first-order valence-electron chi connectivity index (χ1n) is 10.9. The number of ether oxygens (including phenoxy) is 1. The van der Waals surface area contributed by atoms with Crippen LogP contribution in [0.4, 0.5) is 23.4 Å². The first-order chi connectivity index (χ1) is 17.1. The summed E-state index contributed by atoms with van der Waals surface area (Å²) in [7, 11) is 0. The van der Waals surface area contributed by atoms with Gasteiger partial charge in [0.2, 0.25) is 0 Å². The number of aromatic nitrogens is 5. The van der Waals surface area contributed by atoms with E-state index in [-0.39, 0.29) is 39.1 Å². The van der Waals surface area contributed by atoms with Crippen molar-refractivity contribution in [3.8, 4) is 11.3 Å². The third-order valence-corrected chi connectivity index (χ3v) is 6.16. The smallest absolute Gasteiger partial charge is 0.370 e. The summed E-state index contributed by atoms with van der Waals surface area (Å²) >= 11 is 5.90. The zero-order valence-electron chi connectivity index (χ0n) is 18.8. The first kappa shape index (κ1) is 24.2. The molecule has 1 fully saturated rings. The summed E-state index contributed by atoms with van der Waals surface area (Å²) in [5.41, 5.74) is -0.217. The van der Waals surface area contributed by atoms with E-state index in [1.807, 2.05) is 4.90 Å². The molecule has 0 unspecified atom stereocenters. The van der Waals surface area contributed by atoms with Crippen molar-refractivity contribution >= 4 is 28.3 Å². The van der Waals surface area contributed by atoms with Gasteiger partial charge in [0.15, 0.2) is 0 Å². The molecule has 0 aliphatic carbocycles. The maximum atomic E-state index is 15.0. The summed E-state index contributed by atoms with van der Waals surface area (Å²) in [5, 5.41) is 6.59. The van der Waals surface area contributed by atoms with E-state index in [9.17, 15) is 22.4 Å². The van der Waals surface area contributed by atoms with Crippen molar-refractivity contribution in [3.05, 3.63) is 69.2 Å². The van der Waals surface area contributed by atoms with Gasteiger partial charge in [0.05, 0.1) is 29.4 Å². The van der Waals surface area contributed by atoms with E-state index in [1.165, 1.54) is 25.1 Å². The molecule has 8 nitrogen and oxygen atoms in total. The molecule has 4 aromatic rings. The monoisotopic (exact) mass is 522 g/mol. The summed E-state index contributed by atoms with van der Waals surface area (Å²) in [6, 6.07) is 5.33. The minimum absolute atomic E-state index is 0.0767. The number of halogens is 5. The van der Waals surface area contributed by atoms with Crippen LogP contribution in [0.2, 0.25) is 5.02 Å². The second-order valence-electron chi connectivity index (χ2n) is 8.35. The lowest BCUT2D eigenvalue weighted by atomic mass is 10.1. The lowest BCUT2D eigenvalue weighted by Crippen LogP contribution is -2.39. The Balaban J connectivity index is 1.70. The maximum Gasteiger partial charge on any atom is 0.406 e. The van der Waals surface area contributed by atoms with Gasteiger partial charge in [-0.25, -0.2) is 14.4 Å². The number of H-pyrrole nitrogens is 1. The normalized spacial score (nSPS) is 16.6. The summed E-state index contributed by atoms with van der Waals surface area (Å²) in [4.78, 5) is 24.0. The molecule has 36 heavy (non-hydrogen) atoms. The highest BCUT2D eigenvalue weighted by molar-refractivity contribution is 6.30. The van der Waals surface area contributed by atoms with E-state index in [0.29, 0.717) is 30.1 Å². The zero-order chi connectivity index (χ0) is 25.6. The number of morpholine rings is 1. The van der Waals surface area contributed by atoms with Crippen molar-refractivity contribution in [1.82, 2.24) is 24.7 Å². The fraction of sp³-hybridized carbons (Fsp3) is 0.304. The average Bonchev–Trinajstić information content (AvgIpc) is 3.36. The number of rotatable bonds is 4. The largest absolute Gasteiger partial charge is 0.406 e. The Morgan fingerprint density at radius 3 is 2.75 bits per heavy atom. The highest BCUT2D eigenvalue weighted by Gasteiger charge is 2.31. The van der Waals surface area contributed by atoms with Crippen molar-refractivity contribution in [2.45, 2.75) is 25.7 Å². The molecular weight excluding hydrogens is 504 g/mol. The number of aromatic amines is 1. The molecular formula is C23H19ClF4N6O2. The summed E-state index contributed by atoms with van der Waals surface area (Å²) in [6.07, 6.45) is -1.62. The second-order valence-corrected chi connectivity index (χ2v) is 8.79. The van der Waals surface area contributed by atoms with Crippen LogP contribution in [0.1, 0.15) is 17.5 Å². The SMILES string of the molecule is Cc1nc2cc(N3CCO[C@@H](c4cn[nH]c4)C3)nc(-c3ccc(Cl)cc3F)c2c(=O)n1CC(F)(F)F. The van der Waals surface area contributed by atoms with E-state index >= 15 is 0 Å². The fourth-order valence-corrected chi connectivity index (χ4v) is 4.39. The molecule has 13 heteroatoms. The third-order valence-electron chi connectivity index (χ3n) is 5.92. The lowest BCUT2D eigenvalue weighted by Gasteiger charge is -2.33. The molecule has 0 radical (unpaired) electrons. The van der Waals surface area contributed by atoms with Crippen LogP contribution in [0, 0.1) is 12.7 Å². The summed E-state index contributed by atoms with van der Waals surface area (Å²) in [6.45, 7) is 0.976. The Morgan fingerprint density at radius 2 is 2.06 bits per heavy atom. The number of nitrogens with zero attached hydrogens (tertiary/aromatic N) is 5. The number of fused-ring (bicyclic) bond motifs is 1. The van der Waals surface area contributed by atoms with Gasteiger partial charge in [-0.15, -0.1) is 0 Å². The van der Waals surface area contributed by atoms with Crippen LogP contribution >= 0.6 is 11.6 Å². The Morgan fingerprint density at radius 1 is 1.25 bits per heavy atom. The molecule has 0 spiro atoms. The number of hydrogen-bond donors (Lipinski definition) is 1. The number of benzene rings is 1. The van der Waals surface area contributed by atoms with E-state index in [0.717, 1.165) is 11.6 Å². The molecule has 0 bridgehead atoms. The van der Waals surface area contributed by atoms with Gasteiger partial charge in [-0.1, -0.05) is 11.6 Å². The molecule has 3 aromatic heterocycles. The number of nitrogens with one attached hydrogen (secondary N) is 1. The number of hydrogen-bond acceptors (Lipinski definition) is 6. The van der Waals surface area contributed by atoms with Crippen molar-refractivity contribution in [2.24, 2.45) is 0 Å². The first-order valence-corrected chi connectivity index (χ1v) is 11.3. The van der Waals surface area contributed by atoms with Crippen LogP contribution in [0.5, 0.6) is 0 Å². The Labute approximate surface area is 206 Å². The highest BCUT2D eigenvalue weighted by Crippen LogP contribution is 2.33. The molecule has 1 N–H and O–H groups in total. The molecule has 1 aliphatic rings. The molecule has 188 valence electrons. The van der Waals surface area contributed by atoms with Gasteiger partial charge in [-0.3, -0.25) is 14.5 Å². The van der Waals surface area contributed by atoms with E-state index in [1.54, 1.807) is 12.4 Å². The van der Waals surface area contributed by atoms with Crippen LogP contribution in [0.15, 0.2) is 41.5 Å². The lowest BCUT2D eigenvalue weighted by molar-refractivity contribution is -0.141. The van der Waals surface area contributed by atoms with E-state index in [2.05, 4.69) is 20.2 Å². The Bertz CT molecular complexity index is 1490. The van der Waals surface area contributed by atoms with Gasteiger partial charge in [0.25, 0.3) is 5.56 Å². The van der Waals surface area contributed by atoms with Crippen molar-refractivity contribution in [3.63, 3.8) is 0 Å². The maximum absolute atomic E-state index is 15.0. The molecule has 1 saturated heterocycles. The van der Waals surface area contributed by atoms with Crippen LogP contribution < -0.4 is 10.5 Å². The van der Waals surface area contributed by atoms with Crippen LogP contribution in [0.3, 0.4) is 0 Å². The number of pyridine rings is 1. The minimum Gasteiger partial charge on any atom is -0.370 e. The summed E-state index contributed by atoms with van der Waals surface area (Å²) in [5.74, 6) is -0.514. The highest BCUT2D eigenvalue weighted by atomic mass is 35.5. The van der Waals surface area contributed by atoms with Crippen molar-refractivity contribution < 1.29 is 22.3 Å². The fourth-order valence-electron chi connectivity index (χ4n) is 4.23. The van der Waals surface area contributed by atoms with Crippen LogP contribution in [-0.2, 0) is 11.3 Å². The quantitative estimate of drug-likeness (QED) is 0.399. The molecule has 1 atom stereocenters. The van der Waals surface area contributed by atoms with Crippen molar-refractivity contribution in [1.29, 1.82) is 0 Å². The standard InChI is InChI=1S/C23H19ClF4N6O2/c1-12-31-17-7-19(33-4-5-36-18(10-33)13-8-29-30-9-13)32-21(15-3-2-14(24)6-16(15)25)20(17)22(35)34(12)11-23(26,27)28/h2-3,6-9,18H,4-5,10-11H2,1H3,(H,29,30)/t18-/m1/s1. The molecule has 4 heterocycles. The van der Waals surface area contributed by atoms with Crippen LogP contribution in [-0.4, -0.2) is 50.6 Å². The van der Waals surface area contributed by atoms with Gasteiger partial charge in [0.1, 0.15) is 30.1 Å². The topological polar surface area (TPSA) is 88.9 Å². The molecule has 1 aliphatic heterocycles.